The van der Waals surface area contributed by atoms with Crippen LogP contribution in [0.1, 0.15) is 0 Å². The Hall–Kier alpha value is -1.10. The van der Waals surface area contributed by atoms with Crippen LogP contribution in [0, 0.1) is 5.82 Å². The van der Waals surface area contributed by atoms with Crippen LogP contribution in [0.15, 0.2) is 47.4 Å². The molecular formula is C12H7Cl2FO2S. The second-order valence-corrected chi connectivity index (χ2v) is 6.57. The summed E-state index contributed by atoms with van der Waals surface area (Å²) in [6, 6.07) is 10.1. The summed E-state index contributed by atoms with van der Waals surface area (Å²) in [7, 11) is 1.22. The molecule has 0 amide bonds. The lowest BCUT2D eigenvalue weighted by molar-refractivity contribution is 0.602. The van der Waals surface area contributed by atoms with Crippen LogP contribution in [0.2, 0.25) is 5.02 Å². The van der Waals surface area contributed by atoms with Crippen LogP contribution < -0.4 is 0 Å². The highest BCUT2D eigenvalue weighted by atomic mass is 35.7. The van der Waals surface area contributed by atoms with Crippen molar-refractivity contribution in [2.75, 3.05) is 0 Å². The fourth-order valence-corrected chi connectivity index (χ4v) is 2.59. The van der Waals surface area contributed by atoms with E-state index in [-0.39, 0.29) is 4.90 Å². The molecule has 0 spiro atoms. The Bertz CT molecular complexity index is 699. The van der Waals surface area contributed by atoms with E-state index in [9.17, 15) is 12.8 Å². The van der Waals surface area contributed by atoms with Crippen molar-refractivity contribution in [2.45, 2.75) is 4.90 Å². The van der Waals surface area contributed by atoms with E-state index in [1.807, 2.05) is 0 Å². The molecule has 0 radical (unpaired) electrons. The standard InChI is InChI=1S/C12H7Cl2FO2S/c13-12-4-2-1-3-11(12)8-5-9(15)7-10(6-8)18(14,16)17/h1-7H. The Balaban J connectivity index is 2.67. The molecule has 0 bridgehead atoms. The maximum atomic E-state index is 13.4. The predicted octanol–water partition coefficient (Wildman–Crippen LogP) is 4.07. The van der Waals surface area contributed by atoms with Gasteiger partial charge >= 0.3 is 0 Å². The summed E-state index contributed by atoms with van der Waals surface area (Å²) in [4.78, 5) is -0.293. The van der Waals surface area contributed by atoms with Crippen molar-refractivity contribution in [3.05, 3.63) is 53.3 Å². The molecule has 0 heterocycles. The van der Waals surface area contributed by atoms with Gasteiger partial charge < -0.3 is 0 Å². The van der Waals surface area contributed by atoms with Gasteiger partial charge in [0.15, 0.2) is 0 Å². The minimum absolute atomic E-state index is 0.293. The number of rotatable bonds is 2. The molecule has 2 aromatic carbocycles. The number of hydrogen-bond acceptors (Lipinski definition) is 2. The van der Waals surface area contributed by atoms with Gasteiger partial charge in [-0.3, -0.25) is 0 Å². The Morgan fingerprint density at radius 2 is 1.72 bits per heavy atom. The van der Waals surface area contributed by atoms with E-state index in [1.54, 1.807) is 24.3 Å². The van der Waals surface area contributed by atoms with Crippen LogP contribution in [0.4, 0.5) is 4.39 Å². The third kappa shape index (κ3) is 2.83. The topological polar surface area (TPSA) is 34.1 Å². The quantitative estimate of drug-likeness (QED) is 0.784. The SMILES string of the molecule is O=S(=O)(Cl)c1cc(F)cc(-c2ccccc2Cl)c1. The van der Waals surface area contributed by atoms with E-state index >= 15 is 0 Å². The number of hydrogen-bond donors (Lipinski definition) is 0. The molecule has 0 unspecified atom stereocenters. The second kappa shape index (κ2) is 4.88. The van der Waals surface area contributed by atoms with E-state index in [0.29, 0.717) is 16.1 Å². The predicted molar refractivity (Wildman–Crippen MR) is 69.9 cm³/mol. The summed E-state index contributed by atoms with van der Waals surface area (Å²) in [6.45, 7) is 0. The Labute approximate surface area is 113 Å². The van der Waals surface area contributed by atoms with E-state index in [0.717, 1.165) is 6.07 Å². The molecule has 94 valence electrons. The molecule has 6 heteroatoms. The van der Waals surface area contributed by atoms with E-state index in [2.05, 4.69) is 0 Å². The minimum Gasteiger partial charge on any atom is -0.207 e. The zero-order chi connectivity index (χ0) is 13.3. The summed E-state index contributed by atoms with van der Waals surface area (Å²) in [5.41, 5.74) is 0.903. The fourth-order valence-electron chi connectivity index (χ4n) is 1.55. The molecule has 0 saturated heterocycles. The summed E-state index contributed by atoms with van der Waals surface area (Å²) in [5.74, 6) is -0.688. The molecule has 0 atom stereocenters. The highest BCUT2D eigenvalue weighted by molar-refractivity contribution is 8.13. The molecule has 18 heavy (non-hydrogen) atoms. The van der Waals surface area contributed by atoms with Crippen molar-refractivity contribution in [3.8, 4) is 11.1 Å². The van der Waals surface area contributed by atoms with Crippen molar-refractivity contribution in [1.82, 2.24) is 0 Å². The molecule has 0 aliphatic rings. The largest absolute Gasteiger partial charge is 0.261 e. The summed E-state index contributed by atoms with van der Waals surface area (Å²) >= 11 is 5.97. The van der Waals surface area contributed by atoms with Crippen molar-refractivity contribution >= 4 is 31.3 Å². The van der Waals surface area contributed by atoms with Gasteiger partial charge in [-0.15, -0.1) is 0 Å². The van der Waals surface area contributed by atoms with Crippen LogP contribution in [-0.4, -0.2) is 8.42 Å². The number of halogens is 3. The highest BCUT2D eigenvalue weighted by Gasteiger charge is 2.14. The number of benzene rings is 2. The molecule has 0 aliphatic carbocycles. The van der Waals surface area contributed by atoms with Gasteiger partial charge in [-0.2, -0.15) is 0 Å². The third-order valence-electron chi connectivity index (χ3n) is 2.34. The zero-order valence-electron chi connectivity index (χ0n) is 8.90. The molecular weight excluding hydrogens is 298 g/mol. The van der Waals surface area contributed by atoms with Gasteiger partial charge in [-0.05, 0) is 29.8 Å². The van der Waals surface area contributed by atoms with E-state index < -0.39 is 14.9 Å². The highest BCUT2D eigenvalue weighted by Crippen LogP contribution is 2.30. The smallest absolute Gasteiger partial charge is 0.207 e. The zero-order valence-corrected chi connectivity index (χ0v) is 11.2. The van der Waals surface area contributed by atoms with Crippen LogP contribution in [0.3, 0.4) is 0 Å². The normalized spacial score (nSPS) is 11.5. The van der Waals surface area contributed by atoms with Crippen molar-refractivity contribution in [2.24, 2.45) is 0 Å². The monoisotopic (exact) mass is 304 g/mol. The summed E-state index contributed by atoms with van der Waals surface area (Å²) in [5, 5.41) is 0.404. The average molecular weight is 305 g/mol. The Kier molecular flexibility index (Phi) is 3.61. The maximum absolute atomic E-state index is 13.4. The van der Waals surface area contributed by atoms with Crippen molar-refractivity contribution in [3.63, 3.8) is 0 Å². The van der Waals surface area contributed by atoms with Crippen LogP contribution >= 0.6 is 22.3 Å². The average Bonchev–Trinajstić information content (AvgIpc) is 2.27. The minimum atomic E-state index is -3.98. The summed E-state index contributed by atoms with van der Waals surface area (Å²) < 4.78 is 35.8. The lowest BCUT2D eigenvalue weighted by Gasteiger charge is -2.06. The van der Waals surface area contributed by atoms with Gasteiger partial charge in [-0.1, -0.05) is 29.8 Å². The third-order valence-corrected chi connectivity index (χ3v) is 4.00. The molecule has 0 saturated carbocycles. The van der Waals surface area contributed by atoms with Gasteiger partial charge in [0, 0.05) is 21.3 Å². The van der Waals surface area contributed by atoms with Crippen LogP contribution in [0.5, 0.6) is 0 Å². The lowest BCUT2D eigenvalue weighted by atomic mass is 10.1. The van der Waals surface area contributed by atoms with Gasteiger partial charge in [0.05, 0.1) is 4.90 Å². The van der Waals surface area contributed by atoms with Gasteiger partial charge in [0.25, 0.3) is 9.05 Å². The van der Waals surface area contributed by atoms with Crippen LogP contribution in [-0.2, 0) is 9.05 Å². The van der Waals surface area contributed by atoms with E-state index in [4.69, 9.17) is 22.3 Å². The molecule has 2 nitrogen and oxygen atoms in total. The van der Waals surface area contributed by atoms with E-state index in [1.165, 1.54) is 12.1 Å². The van der Waals surface area contributed by atoms with Crippen LogP contribution in [0.25, 0.3) is 11.1 Å². The maximum Gasteiger partial charge on any atom is 0.261 e. The first-order valence-corrected chi connectivity index (χ1v) is 7.57. The lowest BCUT2D eigenvalue weighted by Crippen LogP contribution is -1.93. The first-order valence-electron chi connectivity index (χ1n) is 4.88. The fraction of sp³-hybridized carbons (Fsp3) is 0. The molecule has 2 aromatic rings. The first kappa shape index (κ1) is 13.3. The molecule has 2 rings (SSSR count). The molecule has 0 aliphatic heterocycles. The van der Waals surface area contributed by atoms with Crippen molar-refractivity contribution < 1.29 is 12.8 Å². The first-order chi connectivity index (χ1) is 8.38. The molecule has 0 N–H and O–H groups in total. The Morgan fingerprint density at radius 3 is 2.33 bits per heavy atom. The summed E-state index contributed by atoms with van der Waals surface area (Å²) in [6.07, 6.45) is 0. The molecule has 0 aromatic heterocycles. The van der Waals surface area contributed by atoms with Crippen molar-refractivity contribution in [1.29, 1.82) is 0 Å². The Morgan fingerprint density at radius 1 is 1.06 bits per heavy atom. The molecule has 0 fully saturated rings. The van der Waals surface area contributed by atoms with Gasteiger partial charge in [-0.25, -0.2) is 12.8 Å². The van der Waals surface area contributed by atoms with Gasteiger partial charge in [0.2, 0.25) is 0 Å². The second-order valence-electron chi connectivity index (χ2n) is 3.59. The van der Waals surface area contributed by atoms with Gasteiger partial charge in [0.1, 0.15) is 5.82 Å².